The Hall–Kier alpha value is -2.66. The predicted molar refractivity (Wildman–Crippen MR) is 107 cm³/mol. The summed E-state index contributed by atoms with van der Waals surface area (Å²) in [7, 11) is 0. The van der Waals surface area contributed by atoms with Crippen LogP contribution in [-0.4, -0.2) is 24.0 Å². The van der Waals surface area contributed by atoms with E-state index in [1.54, 1.807) is 12.1 Å². The zero-order valence-electron chi connectivity index (χ0n) is 16.0. The lowest BCUT2D eigenvalue weighted by Gasteiger charge is -2.34. The molecule has 5 nitrogen and oxygen atoms in total. The monoisotopic (exact) mass is 366 g/mol. The highest BCUT2D eigenvalue weighted by molar-refractivity contribution is 6.07. The first kappa shape index (κ1) is 19.1. The van der Waals surface area contributed by atoms with Gasteiger partial charge in [0.25, 0.3) is 5.91 Å². The molecule has 1 unspecified atom stereocenters. The Kier molecular flexibility index (Phi) is 5.61. The largest absolute Gasteiger partial charge is 0.376 e. The van der Waals surface area contributed by atoms with E-state index in [4.69, 9.17) is 4.74 Å². The minimum absolute atomic E-state index is 0.0350. The summed E-state index contributed by atoms with van der Waals surface area (Å²) >= 11 is 0. The molecule has 5 heteroatoms. The van der Waals surface area contributed by atoms with Gasteiger partial charge >= 0.3 is 0 Å². The average molecular weight is 366 g/mol. The van der Waals surface area contributed by atoms with E-state index in [9.17, 15) is 9.59 Å². The Labute approximate surface area is 160 Å². The van der Waals surface area contributed by atoms with Crippen LogP contribution < -0.4 is 10.6 Å². The fourth-order valence-electron chi connectivity index (χ4n) is 3.34. The van der Waals surface area contributed by atoms with Crippen molar-refractivity contribution in [2.45, 2.75) is 39.2 Å². The third-order valence-corrected chi connectivity index (χ3v) is 4.79. The number of aryl methyl sites for hydroxylation is 1. The number of hydrogen-bond donors (Lipinski definition) is 2. The molecule has 2 aromatic rings. The lowest BCUT2D eigenvalue weighted by atomic mass is 9.87. The molecule has 0 spiro atoms. The number of carbonyl (C=O) groups excluding carboxylic acids is 2. The fraction of sp³-hybridized carbons (Fsp3) is 0.364. The SMILES string of the molecule is Cc1ccc(NC(=O)c2ccccc2)c(NC(=O)C2CCOC(C)(C)C2)c1. The predicted octanol–water partition coefficient (Wildman–Crippen LogP) is 4.39. The third kappa shape index (κ3) is 4.95. The molecule has 2 N–H and O–H groups in total. The molecule has 2 amide bonds. The van der Waals surface area contributed by atoms with Gasteiger partial charge in [0, 0.05) is 18.1 Å². The van der Waals surface area contributed by atoms with Crippen LogP contribution in [0.3, 0.4) is 0 Å². The summed E-state index contributed by atoms with van der Waals surface area (Å²) in [5.74, 6) is -0.346. The standard InChI is InChI=1S/C22H26N2O3/c1-15-9-10-18(23-20(25)16-7-5-4-6-8-16)19(13-15)24-21(26)17-11-12-27-22(2,3)14-17/h4-10,13,17H,11-12,14H2,1-3H3,(H,23,25)(H,24,26). The van der Waals surface area contributed by atoms with Crippen molar-refractivity contribution in [2.24, 2.45) is 5.92 Å². The second-order valence-electron chi connectivity index (χ2n) is 7.66. The Morgan fingerprint density at radius 3 is 2.48 bits per heavy atom. The van der Waals surface area contributed by atoms with Crippen LogP contribution in [-0.2, 0) is 9.53 Å². The van der Waals surface area contributed by atoms with Crippen LogP contribution in [0.25, 0.3) is 0 Å². The molecule has 0 saturated carbocycles. The first-order valence-corrected chi connectivity index (χ1v) is 9.26. The zero-order valence-corrected chi connectivity index (χ0v) is 16.0. The summed E-state index contributed by atoms with van der Waals surface area (Å²) < 4.78 is 5.70. The maximum Gasteiger partial charge on any atom is 0.255 e. The Morgan fingerprint density at radius 1 is 1.04 bits per heavy atom. The van der Waals surface area contributed by atoms with E-state index < -0.39 is 0 Å². The maximum atomic E-state index is 12.8. The van der Waals surface area contributed by atoms with Gasteiger partial charge in [0.15, 0.2) is 0 Å². The van der Waals surface area contributed by atoms with E-state index in [0.29, 0.717) is 36.4 Å². The van der Waals surface area contributed by atoms with Gasteiger partial charge in [0.05, 0.1) is 17.0 Å². The van der Waals surface area contributed by atoms with Crippen molar-refractivity contribution in [2.75, 3.05) is 17.2 Å². The minimum Gasteiger partial charge on any atom is -0.376 e. The van der Waals surface area contributed by atoms with Crippen LogP contribution in [0.15, 0.2) is 48.5 Å². The lowest BCUT2D eigenvalue weighted by molar-refractivity contribution is -0.130. The van der Waals surface area contributed by atoms with Gasteiger partial charge in [0.1, 0.15) is 0 Å². The van der Waals surface area contributed by atoms with Crippen LogP contribution >= 0.6 is 0 Å². The van der Waals surface area contributed by atoms with Crippen molar-refractivity contribution in [3.63, 3.8) is 0 Å². The second-order valence-corrected chi connectivity index (χ2v) is 7.66. The van der Waals surface area contributed by atoms with Gasteiger partial charge in [-0.15, -0.1) is 0 Å². The third-order valence-electron chi connectivity index (χ3n) is 4.79. The second kappa shape index (κ2) is 7.92. The quantitative estimate of drug-likeness (QED) is 0.843. The first-order chi connectivity index (χ1) is 12.8. The summed E-state index contributed by atoms with van der Waals surface area (Å²) in [6.07, 6.45) is 1.38. The van der Waals surface area contributed by atoms with Crippen molar-refractivity contribution in [3.05, 3.63) is 59.7 Å². The van der Waals surface area contributed by atoms with Gasteiger partial charge < -0.3 is 15.4 Å². The average Bonchev–Trinajstić information content (AvgIpc) is 2.63. The molecule has 0 aliphatic carbocycles. The molecule has 1 heterocycles. The highest BCUT2D eigenvalue weighted by Gasteiger charge is 2.33. The molecule has 3 rings (SSSR count). The molecule has 1 aliphatic rings. The summed E-state index contributed by atoms with van der Waals surface area (Å²) in [5, 5.41) is 5.91. The molecule has 142 valence electrons. The number of rotatable bonds is 4. The number of nitrogens with one attached hydrogen (secondary N) is 2. The number of anilines is 2. The van der Waals surface area contributed by atoms with E-state index in [-0.39, 0.29) is 23.3 Å². The molecule has 1 aliphatic heterocycles. The summed E-state index contributed by atoms with van der Waals surface area (Å²) in [4.78, 5) is 25.3. The topological polar surface area (TPSA) is 67.4 Å². The molecule has 0 aromatic heterocycles. The Bertz CT molecular complexity index is 831. The van der Waals surface area contributed by atoms with E-state index in [1.165, 1.54) is 0 Å². The molecule has 1 atom stereocenters. The molecule has 2 aromatic carbocycles. The van der Waals surface area contributed by atoms with Crippen molar-refractivity contribution < 1.29 is 14.3 Å². The van der Waals surface area contributed by atoms with Crippen molar-refractivity contribution >= 4 is 23.2 Å². The van der Waals surface area contributed by atoms with Crippen LogP contribution in [0, 0.1) is 12.8 Å². The van der Waals surface area contributed by atoms with Crippen molar-refractivity contribution in [3.8, 4) is 0 Å². The maximum absolute atomic E-state index is 12.8. The number of amides is 2. The summed E-state index contributed by atoms with van der Waals surface area (Å²) in [6, 6.07) is 14.6. The van der Waals surface area contributed by atoms with E-state index >= 15 is 0 Å². The summed E-state index contributed by atoms with van der Waals surface area (Å²) in [5.41, 5.74) is 2.50. The fourth-order valence-corrected chi connectivity index (χ4v) is 3.34. The molecule has 0 radical (unpaired) electrons. The van der Waals surface area contributed by atoms with Crippen molar-refractivity contribution in [1.29, 1.82) is 0 Å². The molecule has 27 heavy (non-hydrogen) atoms. The van der Waals surface area contributed by atoms with Gasteiger partial charge in [-0.1, -0.05) is 24.3 Å². The first-order valence-electron chi connectivity index (χ1n) is 9.26. The number of ether oxygens (including phenoxy) is 1. The molecule has 0 bridgehead atoms. The van der Waals surface area contributed by atoms with Gasteiger partial charge in [-0.3, -0.25) is 9.59 Å². The Balaban J connectivity index is 1.76. The van der Waals surface area contributed by atoms with Gasteiger partial charge in [-0.2, -0.15) is 0 Å². The smallest absolute Gasteiger partial charge is 0.255 e. The number of carbonyl (C=O) groups is 2. The van der Waals surface area contributed by atoms with Crippen LogP contribution in [0.1, 0.15) is 42.6 Å². The van der Waals surface area contributed by atoms with E-state index in [1.807, 2.05) is 57.2 Å². The van der Waals surface area contributed by atoms with Crippen LogP contribution in [0.2, 0.25) is 0 Å². The van der Waals surface area contributed by atoms with E-state index in [0.717, 1.165) is 5.56 Å². The van der Waals surface area contributed by atoms with Crippen LogP contribution in [0.5, 0.6) is 0 Å². The molecular formula is C22H26N2O3. The molecule has 1 fully saturated rings. The van der Waals surface area contributed by atoms with E-state index in [2.05, 4.69) is 10.6 Å². The number of benzene rings is 2. The highest BCUT2D eigenvalue weighted by atomic mass is 16.5. The van der Waals surface area contributed by atoms with Gasteiger partial charge in [-0.25, -0.2) is 0 Å². The van der Waals surface area contributed by atoms with Gasteiger partial charge in [0.2, 0.25) is 5.91 Å². The van der Waals surface area contributed by atoms with Crippen molar-refractivity contribution in [1.82, 2.24) is 0 Å². The van der Waals surface area contributed by atoms with Gasteiger partial charge in [-0.05, 0) is 63.4 Å². The van der Waals surface area contributed by atoms with Crippen LogP contribution in [0.4, 0.5) is 11.4 Å². The zero-order chi connectivity index (χ0) is 19.4. The molecular weight excluding hydrogens is 340 g/mol. The Morgan fingerprint density at radius 2 is 1.78 bits per heavy atom. The normalized spacial score (nSPS) is 18.6. The number of hydrogen-bond acceptors (Lipinski definition) is 3. The lowest BCUT2D eigenvalue weighted by Crippen LogP contribution is -2.39. The highest BCUT2D eigenvalue weighted by Crippen LogP contribution is 2.31. The molecule has 1 saturated heterocycles. The minimum atomic E-state index is -0.294. The summed E-state index contributed by atoms with van der Waals surface area (Å²) in [6.45, 7) is 6.54.